The Morgan fingerprint density at radius 2 is 2.11 bits per heavy atom. The summed E-state index contributed by atoms with van der Waals surface area (Å²) in [6.45, 7) is 0. The Labute approximate surface area is 111 Å². The summed E-state index contributed by atoms with van der Waals surface area (Å²) in [5.74, 6) is 0.280. The molecule has 0 saturated heterocycles. The Morgan fingerprint density at radius 1 is 1.22 bits per heavy atom. The second-order valence-corrected chi connectivity index (χ2v) is 4.61. The Balaban J connectivity index is 2.06. The second-order valence-electron chi connectivity index (χ2n) is 3.70. The highest BCUT2D eigenvalue weighted by Crippen LogP contribution is 2.27. The minimum atomic E-state index is -0.407. The van der Waals surface area contributed by atoms with Gasteiger partial charge in [0.05, 0.1) is 0 Å². The number of nitrogens with zero attached hydrogens (tertiary/aromatic N) is 2. The predicted molar refractivity (Wildman–Crippen MR) is 69.4 cm³/mol. The molecule has 0 spiro atoms. The SMILES string of the molecule is Fc1ccc(Br)cc1Oc1cccc2nccn12. The largest absolute Gasteiger partial charge is 0.437 e. The maximum Gasteiger partial charge on any atom is 0.205 e. The van der Waals surface area contributed by atoms with Crippen LogP contribution in [0.1, 0.15) is 0 Å². The Kier molecular flexibility index (Phi) is 2.76. The van der Waals surface area contributed by atoms with E-state index < -0.39 is 5.82 Å². The van der Waals surface area contributed by atoms with Gasteiger partial charge in [0.2, 0.25) is 5.88 Å². The highest BCUT2D eigenvalue weighted by atomic mass is 79.9. The van der Waals surface area contributed by atoms with E-state index >= 15 is 0 Å². The molecular weight excluding hydrogens is 299 g/mol. The third kappa shape index (κ3) is 1.97. The predicted octanol–water partition coefficient (Wildman–Crippen LogP) is 4.03. The summed E-state index contributed by atoms with van der Waals surface area (Å²) in [6.07, 6.45) is 3.43. The van der Waals surface area contributed by atoms with Crippen LogP contribution in [-0.4, -0.2) is 9.38 Å². The molecule has 1 aromatic carbocycles. The summed E-state index contributed by atoms with van der Waals surface area (Å²) < 4.78 is 21.7. The number of fused-ring (bicyclic) bond motifs is 1. The van der Waals surface area contributed by atoms with Crippen molar-refractivity contribution in [3.05, 3.63) is 59.1 Å². The molecule has 0 fully saturated rings. The molecule has 0 atom stereocenters. The summed E-state index contributed by atoms with van der Waals surface area (Å²) in [5, 5.41) is 0. The minimum Gasteiger partial charge on any atom is -0.437 e. The number of aromatic nitrogens is 2. The maximum atomic E-state index is 13.6. The average Bonchev–Trinajstić information content (AvgIpc) is 2.83. The van der Waals surface area contributed by atoms with E-state index in [9.17, 15) is 4.39 Å². The van der Waals surface area contributed by atoms with Gasteiger partial charge in [0.1, 0.15) is 5.65 Å². The number of hydrogen-bond acceptors (Lipinski definition) is 2. The standard InChI is InChI=1S/C13H8BrFN2O/c14-9-4-5-10(15)11(8-9)18-13-3-1-2-12-16-6-7-17(12)13/h1-8H. The van der Waals surface area contributed by atoms with Crippen molar-refractivity contribution in [1.82, 2.24) is 9.38 Å². The van der Waals surface area contributed by atoms with Gasteiger partial charge in [-0.3, -0.25) is 4.40 Å². The Bertz CT molecular complexity index is 711. The monoisotopic (exact) mass is 306 g/mol. The zero-order valence-corrected chi connectivity index (χ0v) is 10.8. The first-order valence-electron chi connectivity index (χ1n) is 5.29. The fourth-order valence-corrected chi connectivity index (χ4v) is 2.01. The average molecular weight is 307 g/mol. The molecule has 5 heteroatoms. The van der Waals surface area contributed by atoms with Crippen molar-refractivity contribution in [1.29, 1.82) is 0 Å². The number of rotatable bonds is 2. The third-order valence-electron chi connectivity index (χ3n) is 2.50. The summed E-state index contributed by atoms with van der Waals surface area (Å²) in [7, 11) is 0. The number of ether oxygens (including phenoxy) is 1. The van der Waals surface area contributed by atoms with E-state index in [1.165, 1.54) is 6.07 Å². The molecule has 2 heterocycles. The molecule has 0 aliphatic rings. The van der Waals surface area contributed by atoms with Gasteiger partial charge in [0.25, 0.3) is 0 Å². The fourth-order valence-electron chi connectivity index (χ4n) is 1.67. The lowest BCUT2D eigenvalue weighted by Gasteiger charge is -2.08. The van der Waals surface area contributed by atoms with Crippen LogP contribution >= 0.6 is 15.9 Å². The number of hydrogen-bond donors (Lipinski definition) is 0. The van der Waals surface area contributed by atoms with Gasteiger partial charge in [0, 0.05) is 16.9 Å². The fraction of sp³-hybridized carbons (Fsp3) is 0. The molecule has 0 saturated carbocycles. The van der Waals surface area contributed by atoms with Gasteiger partial charge in [-0.25, -0.2) is 9.37 Å². The van der Waals surface area contributed by atoms with Crippen LogP contribution in [0.5, 0.6) is 11.6 Å². The van der Waals surface area contributed by atoms with E-state index in [-0.39, 0.29) is 5.75 Å². The highest BCUT2D eigenvalue weighted by molar-refractivity contribution is 9.10. The first-order valence-corrected chi connectivity index (χ1v) is 6.08. The second kappa shape index (κ2) is 4.42. The van der Waals surface area contributed by atoms with E-state index in [1.54, 1.807) is 35.0 Å². The zero-order chi connectivity index (χ0) is 12.5. The molecule has 0 bridgehead atoms. The normalized spacial score (nSPS) is 10.8. The number of imidazole rings is 1. The first-order chi connectivity index (χ1) is 8.74. The minimum absolute atomic E-state index is 0.172. The van der Waals surface area contributed by atoms with Crippen molar-refractivity contribution in [2.24, 2.45) is 0 Å². The van der Waals surface area contributed by atoms with Crippen LogP contribution < -0.4 is 4.74 Å². The summed E-state index contributed by atoms with van der Waals surface area (Å²) in [5.41, 5.74) is 0.753. The molecule has 0 unspecified atom stereocenters. The van der Waals surface area contributed by atoms with Crippen molar-refractivity contribution in [3.8, 4) is 11.6 Å². The van der Waals surface area contributed by atoms with Gasteiger partial charge >= 0.3 is 0 Å². The van der Waals surface area contributed by atoms with Crippen molar-refractivity contribution < 1.29 is 9.13 Å². The third-order valence-corrected chi connectivity index (χ3v) is 2.99. The van der Waals surface area contributed by atoms with Crippen molar-refractivity contribution in [2.75, 3.05) is 0 Å². The van der Waals surface area contributed by atoms with Crippen molar-refractivity contribution in [3.63, 3.8) is 0 Å². The van der Waals surface area contributed by atoms with Crippen LogP contribution in [0, 0.1) is 5.82 Å². The molecule has 0 amide bonds. The van der Waals surface area contributed by atoms with Crippen LogP contribution in [0.15, 0.2) is 53.3 Å². The highest BCUT2D eigenvalue weighted by Gasteiger charge is 2.08. The molecule has 0 N–H and O–H groups in total. The molecule has 18 heavy (non-hydrogen) atoms. The molecule has 3 nitrogen and oxygen atoms in total. The van der Waals surface area contributed by atoms with E-state index in [4.69, 9.17) is 4.74 Å². The lowest BCUT2D eigenvalue weighted by Crippen LogP contribution is -1.94. The van der Waals surface area contributed by atoms with Crippen molar-refractivity contribution in [2.45, 2.75) is 0 Å². The molecule has 3 aromatic rings. The molecule has 0 aliphatic carbocycles. The molecule has 90 valence electrons. The van der Waals surface area contributed by atoms with Crippen molar-refractivity contribution >= 4 is 21.6 Å². The molecule has 2 aromatic heterocycles. The number of benzene rings is 1. The number of halogens is 2. The number of pyridine rings is 1. The van der Waals surface area contributed by atoms with Crippen LogP contribution in [0.3, 0.4) is 0 Å². The van der Waals surface area contributed by atoms with Crippen LogP contribution in [0.4, 0.5) is 4.39 Å². The van der Waals surface area contributed by atoms with E-state index in [1.807, 2.05) is 12.1 Å². The van der Waals surface area contributed by atoms with Gasteiger partial charge in [0.15, 0.2) is 11.6 Å². The smallest absolute Gasteiger partial charge is 0.205 e. The quantitative estimate of drug-likeness (QED) is 0.714. The Morgan fingerprint density at radius 3 is 3.00 bits per heavy atom. The van der Waals surface area contributed by atoms with Gasteiger partial charge in [-0.2, -0.15) is 0 Å². The first kappa shape index (κ1) is 11.2. The zero-order valence-electron chi connectivity index (χ0n) is 9.18. The van der Waals surface area contributed by atoms with Crippen LogP contribution in [0.25, 0.3) is 5.65 Å². The van der Waals surface area contributed by atoms with Gasteiger partial charge < -0.3 is 4.74 Å². The molecule has 3 rings (SSSR count). The van der Waals surface area contributed by atoms with Gasteiger partial charge in [-0.05, 0) is 30.3 Å². The van der Waals surface area contributed by atoms with E-state index in [2.05, 4.69) is 20.9 Å². The summed E-state index contributed by atoms with van der Waals surface area (Å²) in [4.78, 5) is 4.14. The van der Waals surface area contributed by atoms with Gasteiger partial charge in [-0.1, -0.05) is 22.0 Å². The Hall–Kier alpha value is -1.88. The molecule has 0 aliphatic heterocycles. The lowest BCUT2D eigenvalue weighted by molar-refractivity contribution is 0.422. The topological polar surface area (TPSA) is 26.5 Å². The molecular formula is C13H8BrFN2O. The van der Waals surface area contributed by atoms with Gasteiger partial charge in [-0.15, -0.1) is 0 Å². The van der Waals surface area contributed by atoms with Crippen LogP contribution in [0.2, 0.25) is 0 Å². The summed E-state index contributed by atoms with van der Waals surface area (Å²) in [6, 6.07) is 9.99. The summed E-state index contributed by atoms with van der Waals surface area (Å²) >= 11 is 3.29. The van der Waals surface area contributed by atoms with E-state index in [0.717, 1.165) is 10.1 Å². The maximum absolute atomic E-state index is 13.6. The van der Waals surface area contributed by atoms with E-state index in [0.29, 0.717) is 5.88 Å². The molecule has 0 radical (unpaired) electrons. The lowest BCUT2D eigenvalue weighted by atomic mass is 10.3. The van der Waals surface area contributed by atoms with Crippen LogP contribution in [-0.2, 0) is 0 Å².